The molecule has 0 unspecified atom stereocenters. The van der Waals surface area contributed by atoms with E-state index in [-0.39, 0.29) is 24.0 Å². The molecule has 0 amide bonds. The highest BCUT2D eigenvalue weighted by Crippen LogP contribution is 2.19. The zero-order chi connectivity index (χ0) is 15.4. The molecule has 3 aromatic rings. The average Bonchev–Trinajstić information content (AvgIpc) is 3.16. The van der Waals surface area contributed by atoms with Crippen molar-refractivity contribution in [2.45, 2.75) is 13.1 Å². The lowest BCUT2D eigenvalue weighted by atomic mass is 10.2. The summed E-state index contributed by atoms with van der Waals surface area (Å²) in [6.07, 6.45) is 1.55. The Morgan fingerprint density at radius 1 is 1.30 bits per heavy atom. The van der Waals surface area contributed by atoms with Gasteiger partial charge in [-0.3, -0.25) is 4.99 Å². The smallest absolute Gasteiger partial charge is 0.194 e. The van der Waals surface area contributed by atoms with Gasteiger partial charge in [-0.2, -0.15) is 0 Å². The summed E-state index contributed by atoms with van der Waals surface area (Å²) in [6.45, 7) is 1.20. The monoisotopic (exact) mass is 426 g/mol. The van der Waals surface area contributed by atoms with Crippen LogP contribution in [0.2, 0.25) is 0 Å². The van der Waals surface area contributed by atoms with Crippen LogP contribution in [0.1, 0.15) is 11.5 Å². The number of aliphatic imine (C=N–C) groups is 1. The highest BCUT2D eigenvalue weighted by molar-refractivity contribution is 14.0. The van der Waals surface area contributed by atoms with E-state index in [0.29, 0.717) is 13.1 Å². The molecule has 0 atom stereocenters. The molecule has 0 radical (unpaired) electrons. The second-order valence-corrected chi connectivity index (χ2v) is 5.00. The van der Waals surface area contributed by atoms with Crippen molar-refractivity contribution in [3.63, 3.8) is 0 Å². The molecule has 0 spiro atoms. The molecule has 3 rings (SSSR count). The van der Waals surface area contributed by atoms with Crippen LogP contribution in [0.4, 0.5) is 0 Å². The minimum atomic E-state index is 0. The van der Waals surface area contributed by atoms with Crippen molar-refractivity contribution < 1.29 is 8.94 Å². The fourth-order valence-electron chi connectivity index (χ4n) is 2.31. The molecule has 0 aliphatic carbocycles. The van der Waals surface area contributed by atoms with E-state index in [1.54, 1.807) is 13.3 Å². The molecule has 0 aliphatic heterocycles. The van der Waals surface area contributed by atoms with Gasteiger partial charge in [-0.25, -0.2) is 0 Å². The first-order valence-corrected chi connectivity index (χ1v) is 7.05. The van der Waals surface area contributed by atoms with Crippen LogP contribution in [-0.4, -0.2) is 30.1 Å². The molecular formula is C16H19IN4O2. The summed E-state index contributed by atoms with van der Waals surface area (Å²) >= 11 is 0. The van der Waals surface area contributed by atoms with Crippen LogP contribution in [-0.2, 0) is 13.1 Å². The third-order valence-corrected chi connectivity index (χ3v) is 3.36. The molecule has 122 valence electrons. The minimum absolute atomic E-state index is 0. The van der Waals surface area contributed by atoms with Gasteiger partial charge in [-0.05, 0) is 12.1 Å². The van der Waals surface area contributed by atoms with Crippen LogP contribution in [0.3, 0.4) is 0 Å². The number of hydrogen-bond acceptors (Lipinski definition) is 4. The number of nitrogens with zero attached hydrogens (tertiary/aromatic N) is 3. The maximum Gasteiger partial charge on any atom is 0.194 e. The van der Waals surface area contributed by atoms with Gasteiger partial charge >= 0.3 is 0 Å². The number of halogens is 1. The van der Waals surface area contributed by atoms with Crippen molar-refractivity contribution in [1.82, 2.24) is 15.4 Å². The van der Waals surface area contributed by atoms with Crippen molar-refractivity contribution in [1.29, 1.82) is 0 Å². The van der Waals surface area contributed by atoms with E-state index in [1.165, 1.54) is 0 Å². The van der Waals surface area contributed by atoms with Gasteiger partial charge in [-0.1, -0.05) is 23.4 Å². The normalized spacial score (nSPS) is 11.3. The molecule has 23 heavy (non-hydrogen) atoms. The standard InChI is InChI=1S/C16H18N4O2.HI/c1-17-16(18-10-13-7-8-21-19-13)20(2)11-14-9-12-5-3-4-6-15(12)22-14;/h3-9H,10-11H2,1-2H3,(H,17,18);1H. The molecule has 0 aliphatic rings. The van der Waals surface area contributed by atoms with E-state index in [0.717, 1.165) is 28.4 Å². The predicted molar refractivity (Wildman–Crippen MR) is 99.8 cm³/mol. The number of benzene rings is 1. The highest BCUT2D eigenvalue weighted by atomic mass is 127. The molecule has 0 saturated carbocycles. The van der Waals surface area contributed by atoms with Gasteiger partial charge in [0.05, 0.1) is 13.1 Å². The molecule has 0 bridgehead atoms. The third-order valence-electron chi connectivity index (χ3n) is 3.36. The van der Waals surface area contributed by atoms with E-state index in [1.807, 2.05) is 42.3 Å². The lowest BCUT2D eigenvalue weighted by molar-refractivity contribution is 0.402. The van der Waals surface area contributed by atoms with Crippen molar-refractivity contribution in [3.8, 4) is 0 Å². The Morgan fingerprint density at radius 2 is 2.13 bits per heavy atom. The zero-order valence-corrected chi connectivity index (χ0v) is 15.4. The summed E-state index contributed by atoms with van der Waals surface area (Å²) in [5.41, 5.74) is 1.73. The number of guanidine groups is 1. The molecule has 2 aromatic heterocycles. The van der Waals surface area contributed by atoms with Gasteiger partial charge in [-0.15, -0.1) is 24.0 Å². The fourth-order valence-corrected chi connectivity index (χ4v) is 2.31. The van der Waals surface area contributed by atoms with Crippen LogP contribution < -0.4 is 5.32 Å². The van der Waals surface area contributed by atoms with Gasteiger partial charge in [0.15, 0.2) is 5.96 Å². The summed E-state index contributed by atoms with van der Waals surface area (Å²) in [5.74, 6) is 1.66. The lowest BCUT2D eigenvalue weighted by Gasteiger charge is -2.20. The van der Waals surface area contributed by atoms with Crippen molar-refractivity contribution in [2.75, 3.05) is 14.1 Å². The number of fused-ring (bicyclic) bond motifs is 1. The van der Waals surface area contributed by atoms with Gasteiger partial charge in [0.25, 0.3) is 0 Å². The van der Waals surface area contributed by atoms with E-state index in [4.69, 9.17) is 8.94 Å². The number of nitrogens with one attached hydrogen (secondary N) is 1. The Labute approximate surface area is 151 Å². The van der Waals surface area contributed by atoms with Gasteiger partial charge in [0, 0.05) is 25.5 Å². The zero-order valence-electron chi connectivity index (χ0n) is 13.0. The summed E-state index contributed by atoms with van der Waals surface area (Å²) in [5, 5.41) is 8.21. The van der Waals surface area contributed by atoms with Crippen molar-refractivity contribution >= 4 is 40.9 Å². The summed E-state index contributed by atoms with van der Waals surface area (Å²) in [7, 11) is 3.71. The van der Waals surface area contributed by atoms with Crippen molar-refractivity contribution in [2.24, 2.45) is 4.99 Å². The first kappa shape index (κ1) is 17.3. The molecule has 1 N–H and O–H groups in total. The van der Waals surface area contributed by atoms with Crippen molar-refractivity contribution in [3.05, 3.63) is 54.1 Å². The molecule has 0 fully saturated rings. The van der Waals surface area contributed by atoms with E-state index >= 15 is 0 Å². The quantitative estimate of drug-likeness (QED) is 0.394. The highest BCUT2D eigenvalue weighted by Gasteiger charge is 2.10. The third kappa shape index (κ3) is 4.25. The molecule has 0 saturated heterocycles. The molecule has 2 heterocycles. The van der Waals surface area contributed by atoms with Gasteiger partial charge in [0.2, 0.25) is 0 Å². The SMILES string of the molecule is CN=C(NCc1ccon1)N(C)Cc1cc2ccccc2o1.I. The number of para-hydroxylation sites is 1. The number of hydrogen-bond donors (Lipinski definition) is 1. The first-order valence-electron chi connectivity index (χ1n) is 7.05. The summed E-state index contributed by atoms with van der Waals surface area (Å²) < 4.78 is 10.6. The lowest BCUT2D eigenvalue weighted by Crippen LogP contribution is -2.38. The Balaban J connectivity index is 0.00000192. The summed E-state index contributed by atoms with van der Waals surface area (Å²) in [4.78, 5) is 6.27. The summed E-state index contributed by atoms with van der Waals surface area (Å²) in [6, 6.07) is 11.9. The van der Waals surface area contributed by atoms with Crippen LogP contribution >= 0.6 is 24.0 Å². The Bertz CT molecular complexity index is 734. The van der Waals surface area contributed by atoms with Crippen LogP contribution in [0.5, 0.6) is 0 Å². The first-order chi connectivity index (χ1) is 10.8. The van der Waals surface area contributed by atoms with Gasteiger partial charge < -0.3 is 19.2 Å². The Hall–Kier alpha value is -2.03. The van der Waals surface area contributed by atoms with Gasteiger partial charge in [0.1, 0.15) is 23.3 Å². The Morgan fingerprint density at radius 3 is 2.83 bits per heavy atom. The molecular weight excluding hydrogens is 407 g/mol. The largest absolute Gasteiger partial charge is 0.459 e. The Kier molecular flexibility index (Phi) is 6.03. The molecule has 6 nitrogen and oxygen atoms in total. The number of aromatic nitrogens is 1. The van der Waals surface area contributed by atoms with Crippen LogP contribution in [0.15, 0.2) is 56.6 Å². The number of furan rings is 1. The second-order valence-electron chi connectivity index (χ2n) is 5.00. The van der Waals surface area contributed by atoms with Crippen LogP contribution in [0.25, 0.3) is 11.0 Å². The predicted octanol–water partition coefficient (Wildman–Crippen LogP) is 3.25. The minimum Gasteiger partial charge on any atom is -0.459 e. The van der Waals surface area contributed by atoms with E-state index in [2.05, 4.69) is 21.5 Å². The molecule has 7 heteroatoms. The van der Waals surface area contributed by atoms with Crippen LogP contribution in [0, 0.1) is 0 Å². The number of rotatable bonds is 4. The fraction of sp³-hybridized carbons (Fsp3) is 0.250. The maximum atomic E-state index is 5.83. The average molecular weight is 426 g/mol. The van der Waals surface area contributed by atoms with E-state index < -0.39 is 0 Å². The molecule has 1 aromatic carbocycles. The topological polar surface area (TPSA) is 66.8 Å². The maximum absolute atomic E-state index is 5.83. The second kappa shape index (κ2) is 8.00. The van der Waals surface area contributed by atoms with E-state index in [9.17, 15) is 0 Å².